The normalized spacial score (nSPS) is 16.6. The third-order valence-electron chi connectivity index (χ3n) is 4.91. The van der Waals surface area contributed by atoms with E-state index in [0.29, 0.717) is 26.2 Å². The standard InChI is InChI=1S/C23H29NO3/c25-23(24-14-8-15-26-18-21-13-7-16-27-21)17-22(19-9-3-1-4-10-19)20-11-5-2-6-12-20/h1-6,9-12,21-22H,7-8,13-18H2,(H,24,25). The van der Waals surface area contributed by atoms with Crippen molar-refractivity contribution in [3.05, 3.63) is 71.8 Å². The number of benzene rings is 2. The van der Waals surface area contributed by atoms with Gasteiger partial charge in [-0.15, -0.1) is 0 Å². The quantitative estimate of drug-likeness (QED) is 0.648. The zero-order valence-corrected chi connectivity index (χ0v) is 15.8. The van der Waals surface area contributed by atoms with Crippen LogP contribution in [0.15, 0.2) is 60.7 Å². The molecule has 0 aromatic heterocycles. The molecule has 1 unspecified atom stereocenters. The maximum Gasteiger partial charge on any atom is 0.220 e. The summed E-state index contributed by atoms with van der Waals surface area (Å²) >= 11 is 0. The van der Waals surface area contributed by atoms with Crippen LogP contribution in [-0.4, -0.2) is 38.4 Å². The molecule has 1 saturated heterocycles. The van der Waals surface area contributed by atoms with E-state index < -0.39 is 0 Å². The molecule has 0 bridgehead atoms. The molecule has 3 rings (SSSR count). The van der Waals surface area contributed by atoms with Crippen LogP contribution in [0.4, 0.5) is 0 Å². The van der Waals surface area contributed by atoms with E-state index in [0.717, 1.165) is 25.9 Å². The van der Waals surface area contributed by atoms with Gasteiger partial charge in [0.2, 0.25) is 5.91 Å². The topological polar surface area (TPSA) is 47.6 Å². The summed E-state index contributed by atoms with van der Waals surface area (Å²) in [6.07, 6.45) is 3.76. The SMILES string of the molecule is O=C(CC(c1ccccc1)c1ccccc1)NCCCOCC1CCCO1. The van der Waals surface area contributed by atoms with Crippen molar-refractivity contribution in [2.24, 2.45) is 0 Å². The molecule has 0 aliphatic carbocycles. The van der Waals surface area contributed by atoms with E-state index in [-0.39, 0.29) is 17.9 Å². The molecule has 4 heteroatoms. The fourth-order valence-electron chi connectivity index (χ4n) is 3.45. The number of hydrogen-bond acceptors (Lipinski definition) is 3. The van der Waals surface area contributed by atoms with Crippen LogP contribution in [0.3, 0.4) is 0 Å². The molecule has 1 fully saturated rings. The fraction of sp³-hybridized carbons (Fsp3) is 0.435. The molecule has 2 aromatic carbocycles. The molecule has 0 saturated carbocycles. The average molecular weight is 367 g/mol. The van der Waals surface area contributed by atoms with E-state index in [1.54, 1.807) is 0 Å². The second-order valence-electron chi connectivity index (χ2n) is 6.99. The van der Waals surface area contributed by atoms with Crippen LogP contribution in [0.5, 0.6) is 0 Å². The predicted octanol–water partition coefficient (Wildman–Crippen LogP) is 3.91. The predicted molar refractivity (Wildman–Crippen MR) is 107 cm³/mol. The third-order valence-corrected chi connectivity index (χ3v) is 4.91. The lowest BCUT2D eigenvalue weighted by Crippen LogP contribution is -2.27. The molecule has 0 spiro atoms. The van der Waals surface area contributed by atoms with E-state index >= 15 is 0 Å². The first-order valence-electron chi connectivity index (χ1n) is 9.89. The van der Waals surface area contributed by atoms with Gasteiger partial charge in [0.15, 0.2) is 0 Å². The van der Waals surface area contributed by atoms with Gasteiger partial charge in [-0.1, -0.05) is 60.7 Å². The van der Waals surface area contributed by atoms with E-state index in [1.165, 1.54) is 11.1 Å². The lowest BCUT2D eigenvalue weighted by Gasteiger charge is -2.18. The van der Waals surface area contributed by atoms with Gasteiger partial charge in [-0.25, -0.2) is 0 Å². The molecule has 1 aliphatic heterocycles. The van der Waals surface area contributed by atoms with Gasteiger partial charge in [0.05, 0.1) is 12.7 Å². The van der Waals surface area contributed by atoms with Gasteiger partial charge >= 0.3 is 0 Å². The molecule has 1 heterocycles. The summed E-state index contributed by atoms with van der Waals surface area (Å²) in [5.74, 6) is 0.148. The van der Waals surface area contributed by atoms with Gasteiger partial charge in [-0.05, 0) is 30.4 Å². The molecule has 2 aromatic rings. The number of amides is 1. The first-order valence-corrected chi connectivity index (χ1v) is 9.89. The minimum absolute atomic E-state index is 0.0724. The number of hydrogen-bond donors (Lipinski definition) is 1. The largest absolute Gasteiger partial charge is 0.379 e. The Morgan fingerprint density at radius 2 is 1.74 bits per heavy atom. The van der Waals surface area contributed by atoms with Crippen LogP contribution in [0.2, 0.25) is 0 Å². The molecule has 1 aliphatic rings. The first-order chi connectivity index (χ1) is 13.3. The fourth-order valence-corrected chi connectivity index (χ4v) is 3.45. The maximum absolute atomic E-state index is 12.5. The monoisotopic (exact) mass is 367 g/mol. The summed E-state index contributed by atoms with van der Waals surface area (Å²) < 4.78 is 11.2. The van der Waals surface area contributed by atoms with Gasteiger partial charge in [0.25, 0.3) is 0 Å². The molecular weight excluding hydrogens is 338 g/mol. The Hall–Kier alpha value is -2.17. The highest BCUT2D eigenvalue weighted by molar-refractivity contribution is 5.77. The number of carbonyl (C=O) groups is 1. The third kappa shape index (κ3) is 6.49. The molecular formula is C23H29NO3. The summed E-state index contributed by atoms with van der Waals surface area (Å²) in [6.45, 7) is 2.81. The van der Waals surface area contributed by atoms with Crippen molar-refractivity contribution in [2.75, 3.05) is 26.4 Å². The Morgan fingerprint density at radius 1 is 1.07 bits per heavy atom. The van der Waals surface area contributed by atoms with E-state index in [9.17, 15) is 4.79 Å². The van der Waals surface area contributed by atoms with Crippen LogP contribution in [0.1, 0.15) is 42.7 Å². The summed E-state index contributed by atoms with van der Waals surface area (Å²) in [5, 5.41) is 3.03. The Kier molecular flexibility index (Phi) is 7.87. The zero-order valence-electron chi connectivity index (χ0n) is 15.8. The highest BCUT2D eigenvalue weighted by Crippen LogP contribution is 2.27. The Balaban J connectivity index is 1.42. The van der Waals surface area contributed by atoms with Gasteiger partial charge in [-0.2, -0.15) is 0 Å². The van der Waals surface area contributed by atoms with Crippen molar-refractivity contribution in [3.8, 4) is 0 Å². The molecule has 1 amide bonds. The second kappa shape index (κ2) is 10.9. The molecule has 1 atom stereocenters. The smallest absolute Gasteiger partial charge is 0.220 e. The number of nitrogens with one attached hydrogen (secondary N) is 1. The molecule has 4 nitrogen and oxygen atoms in total. The van der Waals surface area contributed by atoms with Crippen molar-refractivity contribution in [2.45, 2.75) is 37.7 Å². The van der Waals surface area contributed by atoms with Crippen molar-refractivity contribution in [3.63, 3.8) is 0 Å². The van der Waals surface area contributed by atoms with Crippen molar-refractivity contribution < 1.29 is 14.3 Å². The van der Waals surface area contributed by atoms with Crippen LogP contribution < -0.4 is 5.32 Å². The van der Waals surface area contributed by atoms with Crippen molar-refractivity contribution in [1.29, 1.82) is 0 Å². The molecule has 1 N–H and O–H groups in total. The van der Waals surface area contributed by atoms with Crippen LogP contribution in [-0.2, 0) is 14.3 Å². The van der Waals surface area contributed by atoms with Crippen LogP contribution in [0, 0.1) is 0 Å². The van der Waals surface area contributed by atoms with E-state index in [1.807, 2.05) is 36.4 Å². The Bertz CT molecular complexity index is 629. The minimum atomic E-state index is 0.0724. The van der Waals surface area contributed by atoms with Gasteiger partial charge in [0.1, 0.15) is 0 Å². The van der Waals surface area contributed by atoms with E-state index in [2.05, 4.69) is 29.6 Å². The molecule has 0 radical (unpaired) electrons. The summed E-state index contributed by atoms with van der Waals surface area (Å²) in [5.41, 5.74) is 2.33. The number of carbonyl (C=O) groups excluding carboxylic acids is 1. The highest BCUT2D eigenvalue weighted by atomic mass is 16.5. The van der Waals surface area contributed by atoms with E-state index in [4.69, 9.17) is 9.47 Å². The van der Waals surface area contributed by atoms with Gasteiger partial charge in [0, 0.05) is 32.1 Å². The lowest BCUT2D eigenvalue weighted by molar-refractivity contribution is -0.121. The van der Waals surface area contributed by atoms with Crippen molar-refractivity contribution >= 4 is 5.91 Å². The van der Waals surface area contributed by atoms with Gasteiger partial charge < -0.3 is 14.8 Å². The minimum Gasteiger partial charge on any atom is -0.379 e. The zero-order chi connectivity index (χ0) is 18.7. The summed E-state index contributed by atoms with van der Waals surface area (Å²) in [6, 6.07) is 20.4. The first kappa shape index (κ1) is 19.6. The Labute approximate surface area is 161 Å². The Morgan fingerprint density at radius 3 is 2.33 bits per heavy atom. The van der Waals surface area contributed by atoms with Crippen LogP contribution in [0.25, 0.3) is 0 Å². The van der Waals surface area contributed by atoms with Crippen LogP contribution >= 0.6 is 0 Å². The number of rotatable bonds is 10. The summed E-state index contributed by atoms with van der Waals surface area (Å²) in [7, 11) is 0. The lowest BCUT2D eigenvalue weighted by atomic mass is 9.88. The maximum atomic E-state index is 12.5. The molecule has 27 heavy (non-hydrogen) atoms. The van der Waals surface area contributed by atoms with Gasteiger partial charge in [-0.3, -0.25) is 4.79 Å². The molecule has 144 valence electrons. The highest BCUT2D eigenvalue weighted by Gasteiger charge is 2.18. The van der Waals surface area contributed by atoms with Crippen molar-refractivity contribution in [1.82, 2.24) is 5.32 Å². The second-order valence-corrected chi connectivity index (χ2v) is 6.99. The number of ether oxygens (including phenoxy) is 2. The summed E-state index contributed by atoms with van der Waals surface area (Å²) in [4.78, 5) is 12.5. The average Bonchev–Trinajstić information content (AvgIpc) is 3.23.